The van der Waals surface area contributed by atoms with Gasteiger partial charge in [-0.25, -0.2) is 0 Å². The van der Waals surface area contributed by atoms with Crippen LogP contribution in [-0.2, 0) is 6.42 Å². The smallest absolute Gasteiger partial charge is 0.0763 e. The van der Waals surface area contributed by atoms with Crippen molar-refractivity contribution in [1.82, 2.24) is 0 Å². The Balaban J connectivity index is 2.26. The Morgan fingerprint density at radius 3 is 1.68 bits per heavy atom. The molecule has 1 aliphatic rings. The van der Waals surface area contributed by atoms with Crippen LogP contribution in [0.2, 0.25) is 41.8 Å². The summed E-state index contributed by atoms with van der Waals surface area (Å²) in [6, 6.07) is 30.3. The molecule has 0 spiro atoms. The normalized spacial score (nSPS) is 17.0. The minimum atomic E-state index is -1.58. The molecule has 2 aromatic rings. The molecule has 0 heterocycles. The van der Waals surface area contributed by atoms with E-state index in [2.05, 4.69) is 120 Å². The van der Waals surface area contributed by atoms with E-state index in [0.29, 0.717) is 5.54 Å². The lowest BCUT2D eigenvalue weighted by molar-refractivity contribution is 1.06. The van der Waals surface area contributed by atoms with Gasteiger partial charge in [0.2, 0.25) is 0 Å². The predicted molar refractivity (Wildman–Crippen MR) is 159 cm³/mol. The van der Waals surface area contributed by atoms with E-state index >= 15 is 0 Å². The SMILES string of the molecule is CC[Si](CC)(CC)C1=C(/C=C/c2ccccc2)C([Si](CC)(CC)CC)C=C1Cc1ccccc1. The summed E-state index contributed by atoms with van der Waals surface area (Å²) >= 11 is 0. The first kappa shape index (κ1) is 26.7. The average molecular weight is 487 g/mol. The van der Waals surface area contributed by atoms with Gasteiger partial charge in [0, 0.05) is 0 Å². The highest BCUT2D eigenvalue weighted by atomic mass is 28.3. The summed E-state index contributed by atoms with van der Waals surface area (Å²) in [7, 11) is -3.05. The highest BCUT2D eigenvalue weighted by molar-refractivity contribution is 6.88. The summed E-state index contributed by atoms with van der Waals surface area (Å²) in [6.45, 7) is 14.9. The molecule has 0 fully saturated rings. The molecule has 1 atom stereocenters. The minimum absolute atomic E-state index is 0.651. The lowest BCUT2D eigenvalue weighted by Crippen LogP contribution is -2.39. The monoisotopic (exact) mass is 486 g/mol. The molecule has 1 unspecified atom stereocenters. The van der Waals surface area contributed by atoms with Crippen LogP contribution in [-0.4, -0.2) is 16.1 Å². The third-order valence-electron chi connectivity index (χ3n) is 9.14. The highest BCUT2D eigenvalue weighted by Crippen LogP contribution is 2.52. The molecular weight excluding hydrogens is 441 g/mol. The Hall–Kier alpha value is -1.91. The van der Waals surface area contributed by atoms with Crippen LogP contribution in [0.3, 0.4) is 0 Å². The van der Waals surface area contributed by atoms with Gasteiger partial charge in [0.25, 0.3) is 0 Å². The van der Waals surface area contributed by atoms with Crippen molar-refractivity contribution in [2.75, 3.05) is 0 Å². The zero-order valence-electron chi connectivity index (χ0n) is 22.5. The van der Waals surface area contributed by atoms with Crippen LogP contribution >= 0.6 is 0 Å². The Morgan fingerprint density at radius 1 is 0.647 bits per heavy atom. The standard InChI is InChI=1S/C32H46Si2/c1-7-33(8-2,9-3)31-26-29(25-28-21-17-14-18-22-28)32(34(10-4,11-5)12-6)30(31)24-23-27-19-15-13-16-20-27/h13-24,26,31H,7-12,25H2,1-6H3/b24-23+. The van der Waals surface area contributed by atoms with E-state index in [1.165, 1.54) is 47.4 Å². The molecular formula is C32H46Si2. The molecule has 0 aromatic heterocycles. The number of allylic oxidation sites excluding steroid dienone is 5. The maximum atomic E-state index is 2.79. The lowest BCUT2D eigenvalue weighted by Gasteiger charge is -2.37. The van der Waals surface area contributed by atoms with Gasteiger partial charge in [-0.1, -0.05) is 162 Å². The second kappa shape index (κ2) is 12.2. The minimum Gasteiger partial charge on any atom is -0.0763 e. The molecule has 34 heavy (non-hydrogen) atoms. The highest BCUT2D eigenvalue weighted by Gasteiger charge is 2.45. The van der Waals surface area contributed by atoms with Gasteiger partial charge in [0.1, 0.15) is 0 Å². The van der Waals surface area contributed by atoms with Crippen LogP contribution in [0.4, 0.5) is 0 Å². The van der Waals surface area contributed by atoms with Crippen LogP contribution in [0.15, 0.2) is 89.2 Å². The van der Waals surface area contributed by atoms with Gasteiger partial charge < -0.3 is 0 Å². The number of hydrogen-bond acceptors (Lipinski definition) is 0. The molecule has 3 rings (SSSR count). The molecule has 0 saturated carbocycles. The van der Waals surface area contributed by atoms with Crippen molar-refractivity contribution in [2.24, 2.45) is 0 Å². The molecule has 0 amide bonds. The Bertz CT molecular complexity index is 973. The van der Waals surface area contributed by atoms with Crippen molar-refractivity contribution >= 4 is 22.2 Å². The summed E-state index contributed by atoms with van der Waals surface area (Å²) in [6.07, 6.45) is 8.85. The van der Waals surface area contributed by atoms with E-state index in [4.69, 9.17) is 0 Å². The third-order valence-corrected chi connectivity index (χ3v) is 20.9. The summed E-state index contributed by atoms with van der Waals surface area (Å²) in [4.78, 5) is 0. The summed E-state index contributed by atoms with van der Waals surface area (Å²) in [5.74, 6) is 0. The fourth-order valence-electron chi connectivity index (χ4n) is 6.46. The maximum absolute atomic E-state index is 2.79. The molecule has 0 N–H and O–H groups in total. The van der Waals surface area contributed by atoms with Crippen molar-refractivity contribution in [3.63, 3.8) is 0 Å². The van der Waals surface area contributed by atoms with E-state index in [0.717, 1.165) is 6.42 Å². The van der Waals surface area contributed by atoms with Crippen molar-refractivity contribution in [2.45, 2.75) is 89.8 Å². The summed E-state index contributed by atoms with van der Waals surface area (Å²) in [5.41, 5.74) is 6.81. The van der Waals surface area contributed by atoms with Gasteiger partial charge >= 0.3 is 0 Å². The molecule has 2 heteroatoms. The molecule has 0 radical (unpaired) electrons. The van der Waals surface area contributed by atoms with Crippen LogP contribution in [0.5, 0.6) is 0 Å². The predicted octanol–water partition coefficient (Wildman–Crippen LogP) is 10.1. The van der Waals surface area contributed by atoms with E-state index in [9.17, 15) is 0 Å². The quantitative estimate of drug-likeness (QED) is 0.262. The van der Waals surface area contributed by atoms with Gasteiger partial charge in [0.15, 0.2) is 0 Å². The molecule has 1 aliphatic carbocycles. The van der Waals surface area contributed by atoms with Gasteiger partial charge in [0.05, 0.1) is 16.1 Å². The Labute approximate surface area is 211 Å². The maximum Gasteiger partial charge on any atom is 0.0866 e. The molecule has 0 nitrogen and oxygen atoms in total. The first-order valence-corrected chi connectivity index (χ1v) is 19.1. The summed E-state index contributed by atoms with van der Waals surface area (Å²) < 4.78 is 0. The van der Waals surface area contributed by atoms with Crippen LogP contribution in [0.25, 0.3) is 6.08 Å². The average Bonchev–Trinajstić information content (AvgIpc) is 3.26. The van der Waals surface area contributed by atoms with Crippen LogP contribution < -0.4 is 0 Å². The first-order chi connectivity index (χ1) is 16.5. The van der Waals surface area contributed by atoms with Crippen molar-refractivity contribution < 1.29 is 0 Å². The molecule has 2 aromatic carbocycles. The summed E-state index contributed by atoms with van der Waals surface area (Å²) in [5, 5.41) is 1.83. The molecule has 0 bridgehead atoms. The van der Waals surface area contributed by atoms with Gasteiger partial charge in [-0.2, -0.15) is 0 Å². The fourth-order valence-corrected chi connectivity index (χ4v) is 15.1. The van der Waals surface area contributed by atoms with Crippen molar-refractivity contribution in [3.05, 3.63) is 100 Å². The topological polar surface area (TPSA) is 0 Å². The van der Waals surface area contributed by atoms with E-state index in [1.54, 1.807) is 11.1 Å². The second-order valence-electron chi connectivity index (χ2n) is 10.2. The fraction of sp³-hybridized carbons (Fsp3) is 0.438. The molecule has 0 aliphatic heterocycles. The zero-order chi connectivity index (χ0) is 24.6. The molecule has 182 valence electrons. The lowest BCUT2D eigenvalue weighted by atomic mass is 10.1. The van der Waals surface area contributed by atoms with Gasteiger partial charge in [-0.05, 0) is 34.2 Å². The zero-order valence-corrected chi connectivity index (χ0v) is 24.5. The largest absolute Gasteiger partial charge is 0.0866 e. The van der Waals surface area contributed by atoms with Crippen LogP contribution in [0.1, 0.15) is 52.7 Å². The van der Waals surface area contributed by atoms with Crippen LogP contribution in [0, 0.1) is 0 Å². The Kier molecular flexibility index (Phi) is 9.56. The van der Waals surface area contributed by atoms with E-state index < -0.39 is 16.1 Å². The Morgan fingerprint density at radius 2 is 1.18 bits per heavy atom. The first-order valence-electron chi connectivity index (χ1n) is 13.8. The van der Waals surface area contributed by atoms with Crippen molar-refractivity contribution in [3.8, 4) is 0 Å². The van der Waals surface area contributed by atoms with E-state index in [1.807, 2.05) is 5.20 Å². The second-order valence-corrected chi connectivity index (χ2v) is 20.8. The molecule has 0 saturated heterocycles. The number of benzene rings is 2. The van der Waals surface area contributed by atoms with Crippen molar-refractivity contribution in [1.29, 1.82) is 0 Å². The number of hydrogen-bond donors (Lipinski definition) is 0. The number of rotatable bonds is 12. The van der Waals surface area contributed by atoms with Gasteiger partial charge in [-0.3, -0.25) is 0 Å². The third kappa shape index (κ3) is 5.34. The van der Waals surface area contributed by atoms with Gasteiger partial charge in [-0.15, -0.1) is 0 Å². The van der Waals surface area contributed by atoms with E-state index in [-0.39, 0.29) is 0 Å².